The van der Waals surface area contributed by atoms with E-state index in [4.69, 9.17) is 4.74 Å². The van der Waals surface area contributed by atoms with Crippen molar-refractivity contribution in [3.05, 3.63) is 64.2 Å². The van der Waals surface area contributed by atoms with Crippen molar-refractivity contribution in [3.8, 4) is 5.69 Å². The standard InChI is InChI=1S/C19H17FN2O3S/c1-3-25-17(23)11-26-19-21-16-9-4-12(2)10-15(16)18(24)22(19)14-7-5-13(20)6-8-14/h4-10H,3,11H2,1-2H3. The lowest BCUT2D eigenvalue weighted by Gasteiger charge is -2.13. The van der Waals surface area contributed by atoms with Crippen LogP contribution in [0.1, 0.15) is 12.5 Å². The summed E-state index contributed by atoms with van der Waals surface area (Å²) in [5, 5.41) is 0.820. The summed E-state index contributed by atoms with van der Waals surface area (Å²) < 4.78 is 19.6. The minimum Gasteiger partial charge on any atom is -0.465 e. The Bertz CT molecular complexity index is 1020. The quantitative estimate of drug-likeness (QED) is 0.390. The predicted molar refractivity (Wildman–Crippen MR) is 99.4 cm³/mol. The molecule has 0 fully saturated rings. The van der Waals surface area contributed by atoms with Crippen molar-refractivity contribution < 1.29 is 13.9 Å². The van der Waals surface area contributed by atoms with Gasteiger partial charge in [-0.1, -0.05) is 23.4 Å². The molecule has 0 unspecified atom stereocenters. The van der Waals surface area contributed by atoms with Crippen molar-refractivity contribution in [2.45, 2.75) is 19.0 Å². The van der Waals surface area contributed by atoms with E-state index in [1.54, 1.807) is 19.1 Å². The van der Waals surface area contributed by atoms with Crippen LogP contribution in [0.25, 0.3) is 16.6 Å². The van der Waals surface area contributed by atoms with Gasteiger partial charge in [-0.25, -0.2) is 9.37 Å². The molecule has 0 aliphatic heterocycles. The zero-order valence-corrected chi connectivity index (χ0v) is 15.2. The molecule has 134 valence electrons. The van der Waals surface area contributed by atoms with E-state index in [0.717, 1.165) is 17.3 Å². The molecule has 0 N–H and O–H groups in total. The fourth-order valence-electron chi connectivity index (χ4n) is 2.52. The summed E-state index contributed by atoms with van der Waals surface area (Å²) in [5.74, 6) is -0.757. The maximum absolute atomic E-state index is 13.3. The summed E-state index contributed by atoms with van der Waals surface area (Å²) in [6, 6.07) is 11.0. The maximum Gasteiger partial charge on any atom is 0.316 e. The molecule has 26 heavy (non-hydrogen) atoms. The van der Waals surface area contributed by atoms with Crippen LogP contribution in [0.3, 0.4) is 0 Å². The molecule has 0 amide bonds. The van der Waals surface area contributed by atoms with E-state index in [9.17, 15) is 14.0 Å². The third kappa shape index (κ3) is 3.77. The molecule has 0 atom stereocenters. The number of esters is 1. The van der Waals surface area contributed by atoms with Crippen LogP contribution in [0.15, 0.2) is 52.4 Å². The first-order chi connectivity index (χ1) is 12.5. The number of aryl methyl sites for hydroxylation is 1. The molecule has 0 aliphatic rings. The first-order valence-corrected chi connectivity index (χ1v) is 9.06. The Kier molecular flexibility index (Phi) is 5.37. The Balaban J connectivity index is 2.15. The second-order valence-corrected chi connectivity index (χ2v) is 6.57. The lowest BCUT2D eigenvalue weighted by atomic mass is 10.1. The number of thioether (sulfide) groups is 1. The summed E-state index contributed by atoms with van der Waals surface area (Å²) in [6.45, 7) is 3.91. The van der Waals surface area contributed by atoms with Crippen molar-refractivity contribution >= 4 is 28.6 Å². The van der Waals surface area contributed by atoms with Gasteiger partial charge in [0.1, 0.15) is 5.82 Å². The van der Waals surface area contributed by atoms with Gasteiger partial charge >= 0.3 is 5.97 Å². The van der Waals surface area contributed by atoms with E-state index in [0.29, 0.717) is 21.7 Å². The Morgan fingerprint density at radius 1 is 1.23 bits per heavy atom. The average Bonchev–Trinajstić information content (AvgIpc) is 2.62. The number of rotatable bonds is 5. The van der Waals surface area contributed by atoms with E-state index >= 15 is 0 Å². The van der Waals surface area contributed by atoms with E-state index in [1.165, 1.54) is 28.8 Å². The van der Waals surface area contributed by atoms with Crippen LogP contribution in [0.4, 0.5) is 4.39 Å². The summed E-state index contributed by atoms with van der Waals surface area (Å²) in [7, 11) is 0. The van der Waals surface area contributed by atoms with Crippen LogP contribution in [-0.4, -0.2) is 27.9 Å². The van der Waals surface area contributed by atoms with Gasteiger partial charge in [0.15, 0.2) is 5.16 Å². The molecule has 3 rings (SSSR count). The average molecular weight is 372 g/mol. The number of fused-ring (bicyclic) bond motifs is 1. The maximum atomic E-state index is 13.3. The highest BCUT2D eigenvalue weighted by atomic mass is 32.2. The smallest absolute Gasteiger partial charge is 0.316 e. The molecule has 0 radical (unpaired) electrons. The van der Waals surface area contributed by atoms with Gasteiger partial charge in [-0.05, 0) is 50.2 Å². The van der Waals surface area contributed by atoms with Crippen LogP contribution in [0.2, 0.25) is 0 Å². The molecule has 2 aromatic carbocycles. The first kappa shape index (κ1) is 18.1. The van der Waals surface area contributed by atoms with E-state index in [2.05, 4.69) is 4.98 Å². The highest BCUT2D eigenvalue weighted by Crippen LogP contribution is 2.22. The summed E-state index contributed by atoms with van der Waals surface area (Å²) in [5.41, 5.74) is 1.70. The summed E-state index contributed by atoms with van der Waals surface area (Å²) >= 11 is 1.11. The molecule has 0 spiro atoms. The molecular formula is C19H17FN2O3S. The molecule has 0 saturated carbocycles. The number of carbonyl (C=O) groups excluding carboxylic acids is 1. The van der Waals surface area contributed by atoms with E-state index < -0.39 is 5.82 Å². The second-order valence-electron chi connectivity index (χ2n) is 5.63. The normalized spacial score (nSPS) is 10.9. The minimum atomic E-state index is -0.396. The van der Waals surface area contributed by atoms with Gasteiger partial charge in [0.05, 0.1) is 29.0 Å². The molecule has 0 saturated heterocycles. The molecule has 0 bridgehead atoms. The Morgan fingerprint density at radius 3 is 2.65 bits per heavy atom. The zero-order valence-electron chi connectivity index (χ0n) is 14.4. The number of hydrogen-bond acceptors (Lipinski definition) is 5. The van der Waals surface area contributed by atoms with Crippen molar-refractivity contribution in [2.24, 2.45) is 0 Å². The number of aromatic nitrogens is 2. The number of carbonyl (C=O) groups is 1. The number of hydrogen-bond donors (Lipinski definition) is 0. The van der Waals surface area contributed by atoms with Gasteiger partial charge in [-0.3, -0.25) is 14.2 Å². The highest BCUT2D eigenvalue weighted by Gasteiger charge is 2.15. The van der Waals surface area contributed by atoms with E-state index in [-0.39, 0.29) is 23.9 Å². The Labute approximate surface area is 153 Å². The lowest BCUT2D eigenvalue weighted by molar-refractivity contribution is -0.139. The largest absolute Gasteiger partial charge is 0.465 e. The number of benzene rings is 2. The molecule has 5 nitrogen and oxygen atoms in total. The molecule has 1 heterocycles. The summed E-state index contributed by atoms with van der Waals surface area (Å²) in [4.78, 5) is 29.3. The molecular weight excluding hydrogens is 355 g/mol. The number of halogens is 1. The zero-order chi connectivity index (χ0) is 18.7. The third-order valence-corrected chi connectivity index (χ3v) is 4.61. The summed E-state index contributed by atoms with van der Waals surface area (Å²) in [6.07, 6.45) is 0. The number of ether oxygens (including phenoxy) is 1. The monoisotopic (exact) mass is 372 g/mol. The van der Waals surface area contributed by atoms with Crippen LogP contribution in [-0.2, 0) is 9.53 Å². The van der Waals surface area contributed by atoms with Gasteiger partial charge in [-0.2, -0.15) is 0 Å². The van der Waals surface area contributed by atoms with Gasteiger partial charge < -0.3 is 4.74 Å². The molecule has 3 aromatic rings. The van der Waals surface area contributed by atoms with Crippen molar-refractivity contribution in [2.75, 3.05) is 12.4 Å². The highest BCUT2D eigenvalue weighted by molar-refractivity contribution is 7.99. The van der Waals surface area contributed by atoms with Crippen molar-refractivity contribution in [1.82, 2.24) is 9.55 Å². The van der Waals surface area contributed by atoms with Crippen LogP contribution in [0.5, 0.6) is 0 Å². The second kappa shape index (κ2) is 7.70. The van der Waals surface area contributed by atoms with Gasteiger partial charge in [0, 0.05) is 0 Å². The van der Waals surface area contributed by atoms with Crippen LogP contribution < -0.4 is 5.56 Å². The van der Waals surface area contributed by atoms with Gasteiger partial charge in [0.2, 0.25) is 0 Å². The van der Waals surface area contributed by atoms with Crippen molar-refractivity contribution in [1.29, 1.82) is 0 Å². The Hall–Kier alpha value is -2.67. The minimum absolute atomic E-state index is 0.0266. The van der Waals surface area contributed by atoms with E-state index in [1.807, 2.05) is 13.0 Å². The molecule has 1 aromatic heterocycles. The number of nitrogens with zero attached hydrogens (tertiary/aromatic N) is 2. The van der Waals surface area contributed by atoms with Gasteiger partial charge in [0.25, 0.3) is 5.56 Å². The van der Waals surface area contributed by atoms with Gasteiger partial charge in [-0.15, -0.1) is 0 Å². The SMILES string of the molecule is CCOC(=O)CSc1nc2ccc(C)cc2c(=O)n1-c1ccc(F)cc1. The fourth-order valence-corrected chi connectivity index (χ4v) is 3.33. The molecule has 7 heteroatoms. The fraction of sp³-hybridized carbons (Fsp3) is 0.211. The van der Waals surface area contributed by atoms with Crippen LogP contribution in [0, 0.1) is 12.7 Å². The molecule has 0 aliphatic carbocycles. The third-order valence-electron chi connectivity index (χ3n) is 3.70. The predicted octanol–water partition coefficient (Wildman–Crippen LogP) is 3.49. The van der Waals surface area contributed by atoms with Crippen LogP contribution >= 0.6 is 11.8 Å². The topological polar surface area (TPSA) is 61.2 Å². The lowest BCUT2D eigenvalue weighted by Crippen LogP contribution is -2.22. The Morgan fingerprint density at radius 2 is 1.96 bits per heavy atom. The van der Waals surface area contributed by atoms with Crippen molar-refractivity contribution in [3.63, 3.8) is 0 Å². The first-order valence-electron chi connectivity index (χ1n) is 8.07.